The second-order valence-corrected chi connectivity index (χ2v) is 10.5. The molecule has 1 aliphatic heterocycles. The Kier molecular flexibility index (Phi) is 5.55. The maximum Gasteiger partial charge on any atom is 0.147 e. The molecule has 0 atom stereocenters. The zero-order chi connectivity index (χ0) is 19.7. The van der Waals surface area contributed by atoms with Crippen LogP contribution < -0.4 is 4.90 Å². The van der Waals surface area contributed by atoms with Crippen LogP contribution in [0.15, 0.2) is 58.0 Å². The van der Waals surface area contributed by atoms with Gasteiger partial charge in [0, 0.05) is 28.4 Å². The highest BCUT2D eigenvalue weighted by molar-refractivity contribution is 7.99. The molecule has 1 aliphatic carbocycles. The summed E-state index contributed by atoms with van der Waals surface area (Å²) in [6, 6.07) is 10.3. The zero-order valence-corrected chi connectivity index (χ0v) is 18.7. The minimum atomic E-state index is 0.629. The van der Waals surface area contributed by atoms with E-state index < -0.39 is 0 Å². The monoisotopic (exact) mass is 441 g/mol. The number of rotatable bonds is 4. The molecule has 3 aromatic rings. The van der Waals surface area contributed by atoms with Gasteiger partial charge in [0.25, 0.3) is 0 Å². The average molecular weight is 442 g/mol. The normalized spacial score (nSPS) is 18.4. The fourth-order valence-electron chi connectivity index (χ4n) is 4.68. The van der Waals surface area contributed by atoms with E-state index in [-0.39, 0.29) is 0 Å². The van der Waals surface area contributed by atoms with Gasteiger partial charge < -0.3 is 4.90 Å². The Bertz CT molecular complexity index is 956. The maximum absolute atomic E-state index is 6.69. The Labute approximate surface area is 185 Å². The summed E-state index contributed by atoms with van der Waals surface area (Å²) < 4.78 is 0. The largest absolute Gasteiger partial charge is 0.355 e. The highest BCUT2D eigenvalue weighted by Gasteiger charge is 2.37. The lowest BCUT2D eigenvalue weighted by Gasteiger charge is -2.39. The van der Waals surface area contributed by atoms with Crippen molar-refractivity contribution < 1.29 is 0 Å². The van der Waals surface area contributed by atoms with E-state index in [1.165, 1.54) is 43.4 Å². The first-order chi connectivity index (χ1) is 14.2. The van der Waals surface area contributed by atoms with E-state index in [1.54, 1.807) is 23.1 Å². The lowest BCUT2D eigenvalue weighted by atomic mass is 9.77. The van der Waals surface area contributed by atoms with E-state index in [0.717, 1.165) is 39.4 Å². The van der Waals surface area contributed by atoms with E-state index in [1.807, 2.05) is 18.5 Å². The summed E-state index contributed by atoms with van der Waals surface area (Å²) in [6.45, 7) is 2.21. The average Bonchev–Trinajstić information content (AvgIpc) is 3.44. The molecule has 2 aromatic heterocycles. The molecule has 29 heavy (non-hydrogen) atoms. The van der Waals surface area contributed by atoms with E-state index in [0.29, 0.717) is 5.41 Å². The van der Waals surface area contributed by atoms with Gasteiger partial charge in [-0.15, -0.1) is 11.3 Å². The lowest BCUT2D eigenvalue weighted by Crippen LogP contribution is -2.39. The van der Waals surface area contributed by atoms with Crippen LogP contribution in [0.5, 0.6) is 0 Å². The number of piperidine rings is 1. The van der Waals surface area contributed by atoms with Crippen molar-refractivity contribution in [3.8, 4) is 10.4 Å². The number of thiophene rings is 1. The topological polar surface area (TPSA) is 29.0 Å². The number of halogens is 1. The first-order valence-electron chi connectivity index (χ1n) is 10.3. The Balaban J connectivity index is 1.27. The molecular formula is C23H24ClN3S2. The summed E-state index contributed by atoms with van der Waals surface area (Å²) in [7, 11) is 0. The minimum Gasteiger partial charge on any atom is -0.355 e. The zero-order valence-electron chi connectivity index (χ0n) is 16.3. The fraction of sp³-hybridized carbons (Fsp3) is 0.391. The van der Waals surface area contributed by atoms with Crippen LogP contribution in [0.25, 0.3) is 10.4 Å². The number of aromatic nitrogens is 2. The predicted molar refractivity (Wildman–Crippen MR) is 123 cm³/mol. The van der Waals surface area contributed by atoms with E-state index in [2.05, 4.69) is 39.5 Å². The van der Waals surface area contributed by atoms with E-state index >= 15 is 0 Å². The van der Waals surface area contributed by atoms with E-state index in [4.69, 9.17) is 16.6 Å². The van der Waals surface area contributed by atoms with Crippen LogP contribution in [0.1, 0.15) is 38.5 Å². The van der Waals surface area contributed by atoms with Crippen molar-refractivity contribution in [3.63, 3.8) is 0 Å². The molecule has 0 unspecified atom stereocenters. The van der Waals surface area contributed by atoms with Gasteiger partial charge in [0.2, 0.25) is 0 Å². The molecule has 1 spiro atoms. The molecule has 2 aliphatic rings. The maximum atomic E-state index is 6.69. The Morgan fingerprint density at radius 1 is 0.966 bits per heavy atom. The van der Waals surface area contributed by atoms with Crippen LogP contribution in [0.4, 0.5) is 5.82 Å². The third kappa shape index (κ3) is 4.05. The highest BCUT2D eigenvalue weighted by Crippen LogP contribution is 2.46. The summed E-state index contributed by atoms with van der Waals surface area (Å²) >= 11 is 9.97. The summed E-state index contributed by atoms with van der Waals surface area (Å²) in [6.07, 6.45) is 12.1. The number of anilines is 1. The number of hydrogen-bond acceptors (Lipinski definition) is 5. The molecule has 5 rings (SSSR count). The van der Waals surface area contributed by atoms with Crippen LogP contribution in [0.3, 0.4) is 0 Å². The van der Waals surface area contributed by atoms with Crippen molar-refractivity contribution in [2.24, 2.45) is 5.41 Å². The van der Waals surface area contributed by atoms with E-state index in [9.17, 15) is 0 Å². The van der Waals surface area contributed by atoms with Crippen LogP contribution in [0.2, 0.25) is 5.02 Å². The Morgan fingerprint density at radius 2 is 1.79 bits per heavy atom. The molecule has 1 saturated carbocycles. The van der Waals surface area contributed by atoms with Gasteiger partial charge in [-0.05, 0) is 48.6 Å². The first kappa shape index (κ1) is 19.4. The van der Waals surface area contributed by atoms with Crippen molar-refractivity contribution in [1.29, 1.82) is 0 Å². The quantitative estimate of drug-likeness (QED) is 0.429. The summed E-state index contributed by atoms with van der Waals surface area (Å²) in [5.41, 5.74) is 1.70. The van der Waals surface area contributed by atoms with Crippen LogP contribution in [-0.4, -0.2) is 23.1 Å². The van der Waals surface area contributed by atoms with Crippen LogP contribution in [-0.2, 0) is 0 Å². The second kappa shape index (κ2) is 8.29. The molecule has 0 amide bonds. The third-order valence-electron chi connectivity index (χ3n) is 6.39. The summed E-state index contributed by atoms with van der Waals surface area (Å²) in [5, 5.41) is 3.73. The predicted octanol–water partition coefficient (Wildman–Crippen LogP) is 7.17. The molecule has 1 saturated heterocycles. The molecule has 3 heterocycles. The number of hydrogen-bond donors (Lipinski definition) is 0. The van der Waals surface area contributed by atoms with Gasteiger partial charge in [-0.1, -0.05) is 54.4 Å². The molecule has 0 N–H and O–H groups in total. The van der Waals surface area contributed by atoms with Gasteiger partial charge in [0.15, 0.2) is 0 Å². The van der Waals surface area contributed by atoms with Crippen molar-refractivity contribution in [2.75, 3.05) is 18.0 Å². The van der Waals surface area contributed by atoms with Gasteiger partial charge >= 0.3 is 0 Å². The van der Waals surface area contributed by atoms with Gasteiger partial charge in [0.05, 0.1) is 17.4 Å². The third-order valence-corrected chi connectivity index (χ3v) is 8.79. The highest BCUT2D eigenvalue weighted by atomic mass is 35.5. The van der Waals surface area contributed by atoms with Crippen molar-refractivity contribution in [3.05, 3.63) is 53.1 Å². The van der Waals surface area contributed by atoms with Gasteiger partial charge in [-0.3, -0.25) is 0 Å². The summed E-state index contributed by atoms with van der Waals surface area (Å²) in [4.78, 5) is 14.0. The van der Waals surface area contributed by atoms with Crippen LogP contribution >= 0.6 is 34.7 Å². The van der Waals surface area contributed by atoms with Crippen molar-refractivity contribution >= 4 is 40.5 Å². The molecular weight excluding hydrogens is 418 g/mol. The SMILES string of the molecule is Clc1c(Sc2cnc(N3CCC4(CCCC4)CC3)cn2)cccc1-c1cccs1. The number of nitrogens with zero attached hydrogens (tertiary/aromatic N) is 3. The molecule has 3 nitrogen and oxygen atoms in total. The lowest BCUT2D eigenvalue weighted by molar-refractivity contribution is 0.226. The molecule has 150 valence electrons. The molecule has 6 heteroatoms. The molecule has 2 fully saturated rings. The standard InChI is InChI=1S/C23H24ClN3S2/c24-22-17(18-7-4-14-28-18)5-3-6-19(22)29-21-16-25-20(15-26-21)27-12-10-23(11-13-27)8-1-2-9-23/h3-7,14-16H,1-2,8-13H2. The van der Waals surface area contributed by atoms with Crippen LogP contribution in [0, 0.1) is 5.41 Å². The Morgan fingerprint density at radius 3 is 2.48 bits per heavy atom. The van der Waals surface area contributed by atoms with Gasteiger partial charge in [0.1, 0.15) is 10.8 Å². The molecule has 0 bridgehead atoms. The molecule has 0 radical (unpaired) electrons. The fourth-order valence-corrected chi connectivity index (χ4v) is 6.62. The molecule has 1 aromatic carbocycles. The minimum absolute atomic E-state index is 0.629. The number of benzene rings is 1. The summed E-state index contributed by atoms with van der Waals surface area (Å²) in [5.74, 6) is 1.00. The first-order valence-corrected chi connectivity index (χ1v) is 12.4. The van der Waals surface area contributed by atoms with Crippen molar-refractivity contribution in [1.82, 2.24) is 9.97 Å². The van der Waals surface area contributed by atoms with Gasteiger partial charge in [-0.25, -0.2) is 9.97 Å². The smallest absolute Gasteiger partial charge is 0.147 e. The van der Waals surface area contributed by atoms with Gasteiger partial charge in [-0.2, -0.15) is 0 Å². The Hall–Kier alpha value is -1.56. The van der Waals surface area contributed by atoms with Crippen molar-refractivity contribution in [2.45, 2.75) is 48.4 Å². The second-order valence-electron chi connectivity index (χ2n) is 8.10.